The van der Waals surface area contributed by atoms with Gasteiger partial charge in [-0.2, -0.15) is 5.10 Å². The van der Waals surface area contributed by atoms with Gasteiger partial charge in [0.25, 0.3) is 5.91 Å². The highest BCUT2D eigenvalue weighted by atomic mass is 16.2. The van der Waals surface area contributed by atoms with E-state index in [2.05, 4.69) is 20.6 Å². The highest BCUT2D eigenvalue weighted by Gasteiger charge is 2.23. The van der Waals surface area contributed by atoms with Crippen LogP contribution in [0.2, 0.25) is 0 Å². The molecule has 26 heavy (non-hydrogen) atoms. The zero-order valence-electron chi connectivity index (χ0n) is 14.6. The van der Waals surface area contributed by atoms with Gasteiger partial charge >= 0.3 is 5.69 Å². The van der Waals surface area contributed by atoms with Crippen LogP contribution in [0.4, 0.5) is 0 Å². The lowest BCUT2D eigenvalue weighted by Crippen LogP contribution is -2.36. The number of pyridine rings is 1. The number of aromatic nitrogens is 6. The summed E-state index contributed by atoms with van der Waals surface area (Å²) in [5.74, 6) is 0.635. The summed E-state index contributed by atoms with van der Waals surface area (Å²) in [6, 6.07) is 3.53. The Kier molecular flexibility index (Phi) is 4.27. The minimum atomic E-state index is -0.170. The molecule has 0 spiro atoms. The molecule has 1 N–H and O–H groups in total. The third-order valence-electron chi connectivity index (χ3n) is 4.76. The third-order valence-corrected chi connectivity index (χ3v) is 4.76. The second-order valence-corrected chi connectivity index (χ2v) is 6.55. The second kappa shape index (κ2) is 6.74. The first-order chi connectivity index (χ1) is 12.7. The molecule has 9 nitrogen and oxygen atoms in total. The standard InChI is InChI=1S/C17H21N7O2/c1-2-8-24-17(26)23-10-7-12(5-6-14(23)21-24)19-16(25)13-4-3-9-22-11-18-20-15(13)22/h3-4,9,11-12H,2,5-8,10H2,1H3,(H,19,25). The van der Waals surface area contributed by atoms with Crippen LogP contribution in [0.5, 0.6) is 0 Å². The van der Waals surface area contributed by atoms with Crippen LogP contribution in [0.1, 0.15) is 42.4 Å². The number of hydrogen-bond acceptors (Lipinski definition) is 5. The van der Waals surface area contributed by atoms with Crippen LogP contribution < -0.4 is 11.0 Å². The number of carbonyl (C=O) groups is 1. The predicted octanol–water partition coefficient (Wildman–Crippen LogP) is 0.632. The lowest BCUT2D eigenvalue weighted by atomic mass is 10.1. The molecule has 0 saturated carbocycles. The molecule has 136 valence electrons. The van der Waals surface area contributed by atoms with E-state index in [9.17, 15) is 9.59 Å². The van der Waals surface area contributed by atoms with Crippen LogP contribution >= 0.6 is 0 Å². The van der Waals surface area contributed by atoms with E-state index in [-0.39, 0.29) is 17.6 Å². The Morgan fingerprint density at radius 3 is 3.12 bits per heavy atom. The molecule has 3 aromatic heterocycles. The van der Waals surface area contributed by atoms with Crippen molar-refractivity contribution in [2.45, 2.75) is 51.7 Å². The molecule has 4 rings (SSSR count). The Morgan fingerprint density at radius 2 is 2.27 bits per heavy atom. The number of nitrogens with one attached hydrogen (secondary N) is 1. The first-order valence-corrected chi connectivity index (χ1v) is 8.93. The molecule has 1 aliphatic heterocycles. The van der Waals surface area contributed by atoms with E-state index in [0.29, 0.717) is 37.1 Å². The molecule has 9 heteroatoms. The molecule has 1 aliphatic rings. The average Bonchev–Trinajstić information content (AvgIpc) is 3.17. The van der Waals surface area contributed by atoms with Crippen molar-refractivity contribution in [1.29, 1.82) is 0 Å². The molecule has 0 aromatic carbocycles. The molecule has 4 heterocycles. The SMILES string of the molecule is CCCn1nc2n(c1=O)CCC(NC(=O)c1cccn3cnnc13)CC2. The third kappa shape index (κ3) is 2.89. The average molecular weight is 355 g/mol. The van der Waals surface area contributed by atoms with Crippen molar-refractivity contribution in [2.24, 2.45) is 0 Å². The molecule has 1 atom stereocenters. The first-order valence-electron chi connectivity index (χ1n) is 8.93. The highest BCUT2D eigenvalue weighted by Crippen LogP contribution is 2.14. The topological polar surface area (TPSA) is 99.1 Å². The molecule has 0 bridgehead atoms. The van der Waals surface area contributed by atoms with Crippen molar-refractivity contribution < 1.29 is 4.79 Å². The van der Waals surface area contributed by atoms with E-state index in [4.69, 9.17) is 0 Å². The summed E-state index contributed by atoms with van der Waals surface area (Å²) in [4.78, 5) is 25.1. The summed E-state index contributed by atoms with van der Waals surface area (Å²) in [7, 11) is 0. The molecule has 0 saturated heterocycles. The van der Waals surface area contributed by atoms with Crippen LogP contribution in [-0.2, 0) is 19.5 Å². The van der Waals surface area contributed by atoms with Crippen LogP contribution in [0.15, 0.2) is 29.5 Å². The minimum Gasteiger partial charge on any atom is -0.349 e. The summed E-state index contributed by atoms with van der Waals surface area (Å²) < 4.78 is 5.00. The molecule has 0 radical (unpaired) electrons. The fourth-order valence-corrected chi connectivity index (χ4v) is 3.42. The fourth-order valence-electron chi connectivity index (χ4n) is 3.42. The van der Waals surface area contributed by atoms with E-state index in [1.54, 1.807) is 38.3 Å². The van der Waals surface area contributed by atoms with Gasteiger partial charge in [-0.05, 0) is 31.4 Å². The monoisotopic (exact) mass is 355 g/mol. The fraction of sp³-hybridized carbons (Fsp3) is 0.471. The normalized spacial score (nSPS) is 17.0. The van der Waals surface area contributed by atoms with Crippen molar-refractivity contribution >= 4 is 11.6 Å². The van der Waals surface area contributed by atoms with E-state index >= 15 is 0 Å². The highest BCUT2D eigenvalue weighted by molar-refractivity contribution is 5.99. The van der Waals surface area contributed by atoms with Gasteiger partial charge in [0.1, 0.15) is 12.2 Å². The molecule has 1 unspecified atom stereocenters. The van der Waals surface area contributed by atoms with Gasteiger partial charge in [0.2, 0.25) is 0 Å². The minimum absolute atomic E-state index is 0.00796. The van der Waals surface area contributed by atoms with E-state index in [1.807, 2.05) is 6.92 Å². The number of carbonyl (C=O) groups excluding carboxylic acids is 1. The Bertz CT molecular complexity index is 1000. The number of hydrogen-bond donors (Lipinski definition) is 1. The van der Waals surface area contributed by atoms with Gasteiger partial charge in [-0.3, -0.25) is 13.8 Å². The maximum Gasteiger partial charge on any atom is 0.345 e. The predicted molar refractivity (Wildman–Crippen MR) is 94.0 cm³/mol. The zero-order chi connectivity index (χ0) is 18.1. The lowest BCUT2D eigenvalue weighted by Gasteiger charge is -2.16. The smallest absolute Gasteiger partial charge is 0.345 e. The quantitative estimate of drug-likeness (QED) is 0.740. The largest absolute Gasteiger partial charge is 0.349 e. The Labute approximate surface area is 149 Å². The van der Waals surface area contributed by atoms with E-state index in [0.717, 1.165) is 18.7 Å². The molecule has 3 aromatic rings. The van der Waals surface area contributed by atoms with E-state index in [1.165, 1.54) is 0 Å². The number of rotatable bonds is 4. The Balaban J connectivity index is 1.48. The summed E-state index contributed by atoms with van der Waals surface area (Å²) >= 11 is 0. The van der Waals surface area contributed by atoms with Crippen molar-refractivity contribution in [3.63, 3.8) is 0 Å². The van der Waals surface area contributed by atoms with Gasteiger partial charge < -0.3 is 5.32 Å². The van der Waals surface area contributed by atoms with Gasteiger partial charge in [-0.15, -0.1) is 10.2 Å². The molecular formula is C17H21N7O2. The number of fused-ring (bicyclic) bond motifs is 2. The van der Waals surface area contributed by atoms with Gasteiger partial charge in [-0.1, -0.05) is 6.92 Å². The first kappa shape index (κ1) is 16.5. The molecule has 1 amide bonds. The maximum atomic E-state index is 12.7. The van der Waals surface area contributed by atoms with Crippen LogP contribution in [0.3, 0.4) is 0 Å². The van der Waals surface area contributed by atoms with Crippen LogP contribution in [-0.4, -0.2) is 40.9 Å². The van der Waals surface area contributed by atoms with Crippen molar-refractivity contribution in [3.05, 3.63) is 46.5 Å². The number of amides is 1. The lowest BCUT2D eigenvalue weighted by molar-refractivity contribution is 0.0934. The maximum absolute atomic E-state index is 12.7. The van der Waals surface area contributed by atoms with Crippen LogP contribution in [0, 0.1) is 0 Å². The van der Waals surface area contributed by atoms with Gasteiger partial charge in [0.05, 0.1) is 5.56 Å². The summed E-state index contributed by atoms with van der Waals surface area (Å²) in [5, 5.41) is 15.4. The number of nitrogens with zero attached hydrogens (tertiary/aromatic N) is 6. The zero-order valence-corrected chi connectivity index (χ0v) is 14.6. The second-order valence-electron chi connectivity index (χ2n) is 6.55. The van der Waals surface area contributed by atoms with Crippen molar-refractivity contribution in [2.75, 3.05) is 0 Å². The number of aryl methyl sites for hydroxylation is 2. The van der Waals surface area contributed by atoms with Gasteiger partial charge in [0.15, 0.2) is 5.65 Å². The van der Waals surface area contributed by atoms with Gasteiger partial charge in [-0.25, -0.2) is 9.48 Å². The van der Waals surface area contributed by atoms with Gasteiger partial charge in [0, 0.05) is 31.7 Å². The summed E-state index contributed by atoms with van der Waals surface area (Å²) in [6.45, 7) is 3.23. The Morgan fingerprint density at radius 1 is 1.38 bits per heavy atom. The molecule has 0 aliphatic carbocycles. The molecule has 0 fully saturated rings. The summed E-state index contributed by atoms with van der Waals surface area (Å²) in [6.07, 6.45) is 6.38. The van der Waals surface area contributed by atoms with Crippen LogP contribution in [0.25, 0.3) is 5.65 Å². The summed E-state index contributed by atoms with van der Waals surface area (Å²) in [5.41, 5.74) is 0.980. The van der Waals surface area contributed by atoms with Crippen molar-refractivity contribution in [1.82, 2.24) is 34.3 Å². The molecular weight excluding hydrogens is 334 g/mol. The van der Waals surface area contributed by atoms with E-state index < -0.39 is 0 Å². The Hall–Kier alpha value is -2.97. The van der Waals surface area contributed by atoms with Crippen molar-refractivity contribution in [3.8, 4) is 0 Å².